The van der Waals surface area contributed by atoms with E-state index in [2.05, 4.69) is 43.3 Å². The van der Waals surface area contributed by atoms with Crippen LogP contribution in [-0.4, -0.2) is 31.3 Å². The fourth-order valence-electron chi connectivity index (χ4n) is 2.02. The SMILES string of the molecule is CN(C)C[C@@H]1CSc2ccccc2C1. The third-order valence-electron chi connectivity index (χ3n) is 2.58. The minimum atomic E-state index is 0.824. The molecule has 0 unspecified atom stereocenters. The molecule has 1 nitrogen and oxygen atoms in total. The van der Waals surface area contributed by atoms with E-state index in [-0.39, 0.29) is 0 Å². The molecule has 0 aromatic heterocycles. The highest BCUT2D eigenvalue weighted by Gasteiger charge is 2.18. The molecule has 14 heavy (non-hydrogen) atoms. The van der Waals surface area contributed by atoms with Crippen LogP contribution in [-0.2, 0) is 6.42 Å². The third-order valence-corrected chi connectivity index (χ3v) is 3.93. The molecule has 1 aromatic carbocycles. The summed E-state index contributed by atoms with van der Waals surface area (Å²) >= 11 is 2.01. The fraction of sp³-hybridized carbons (Fsp3) is 0.500. The van der Waals surface area contributed by atoms with E-state index in [0.29, 0.717) is 0 Å². The van der Waals surface area contributed by atoms with Crippen LogP contribution in [0.25, 0.3) is 0 Å². The Morgan fingerprint density at radius 2 is 2.14 bits per heavy atom. The molecule has 0 amide bonds. The van der Waals surface area contributed by atoms with Gasteiger partial charge in [0.1, 0.15) is 0 Å². The average molecular weight is 207 g/mol. The van der Waals surface area contributed by atoms with Crippen LogP contribution in [0.4, 0.5) is 0 Å². The number of hydrogen-bond donors (Lipinski definition) is 0. The lowest BCUT2D eigenvalue weighted by atomic mass is 10.00. The largest absolute Gasteiger partial charge is 0.309 e. The van der Waals surface area contributed by atoms with Crippen molar-refractivity contribution in [3.63, 3.8) is 0 Å². The molecule has 0 saturated heterocycles. The summed E-state index contributed by atoms with van der Waals surface area (Å²) in [6.45, 7) is 1.21. The van der Waals surface area contributed by atoms with Crippen LogP contribution in [0.15, 0.2) is 29.2 Å². The summed E-state index contributed by atoms with van der Waals surface area (Å²) in [5.41, 5.74) is 1.54. The second kappa shape index (κ2) is 4.37. The van der Waals surface area contributed by atoms with Crippen molar-refractivity contribution >= 4 is 11.8 Å². The summed E-state index contributed by atoms with van der Waals surface area (Å²) in [6, 6.07) is 8.80. The molecule has 1 heterocycles. The Kier molecular flexibility index (Phi) is 3.14. The van der Waals surface area contributed by atoms with E-state index >= 15 is 0 Å². The molecule has 1 aliphatic heterocycles. The Morgan fingerprint density at radius 3 is 2.93 bits per heavy atom. The van der Waals surface area contributed by atoms with Crippen molar-refractivity contribution in [2.24, 2.45) is 5.92 Å². The van der Waals surface area contributed by atoms with Crippen molar-refractivity contribution in [2.45, 2.75) is 11.3 Å². The zero-order chi connectivity index (χ0) is 9.97. The lowest BCUT2D eigenvalue weighted by molar-refractivity contribution is 0.339. The first-order valence-corrected chi connectivity index (χ1v) is 6.09. The lowest BCUT2D eigenvalue weighted by Gasteiger charge is -2.26. The minimum Gasteiger partial charge on any atom is -0.309 e. The number of hydrogen-bond acceptors (Lipinski definition) is 2. The number of rotatable bonds is 2. The molecule has 0 radical (unpaired) electrons. The van der Waals surface area contributed by atoms with Gasteiger partial charge in [-0.2, -0.15) is 0 Å². The van der Waals surface area contributed by atoms with Crippen LogP contribution >= 0.6 is 11.8 Å². The number of fused-ring (bicyclic) bond motifs is 1. The van der Waals surface area contributed by atoms with Gasteiger partial charge in [-0.3, -0.25) is 0 Å². The number of thioether (sulfide) groups is 1. The van der Waals surface area contributed by atoms with Crippen molar-refractivity contribution in [3.8, 4) is 0 Å². The van der Waals surface area contributed by atoms with Crippen LogP contribution in [0.2, 0.25) is 0 Å². The molecule has 2 rings (SSSR count). The molecule has 1 atom stereocenters. The van der Waals surface area contributed by atoms with Gasteiger partial charge in [-0.05, 0) is 38.1 Å². The van der Waals surface area contributed by atoms with Gasteiger partial charge in [0.15, 0.2) is 0 Å². The van der Waals surface area contributed by atoms with Gasteiger partial charge in [-0.25, -0.2) is 0 Å². The van der Waals surface area contributed by atoms with E-state index in [1.54, 1.807) is 0 Å². The van der Waals surface area contributed by atoms with Crippen LogP contribution in [0.3, 0.4) is 0 Å². The molecule has 0 fully saturated rings. The Hall–Kier alpha value is -0.470. The molecular formula is C12H17NS. The summed E-state index contributed by atoms with van der Waals surface area (Å²) in [5, 5.41) is 0. The molecule has 1 aromatic rings. The average Bonchev–Trinajstić information content (AvgIpc) is 2.17. The third kappa shape index (κ3) is 2.31. The molecule has 0 saturated carbocycles. The predicted molar refractivity (Wildman–Crippen MR) is 62.9 cm³/mol. The predicted octanol–water partition coefficient (Wildman–Crippen LogP) is 2.51. The highest BCUT2D eigenvalue weighted by atomic mass is 32.2. The summed E-state index contributed by atoms with van der Waals surface area (Å²) in [6.07, 6.45) is 1.25. The minimum absolute atomic E-state index is 0.824. The van der Waals surface area contributed by atoms with Gasteiger partial charge in [0.05, 0.1) is 0 Å². The summed E-state index contributed by atoms with van der Waals surface area (Å²) in [5.74, 6) is 2.10. The Labute approximate surface area is 90.5 Å². The van der Waals surface area contributed by atoms with Gasteiger partial charge >= 0.3 is 0 Å². The van der Waals surface area contributed by atoms with Crippen molar-refractivity contribution in [3.05, 3.63) is 29.8 Å². The lowest BCUT2D eigenvalue weighted by Crippen LogP contribution is -2.26. The number of nitrogens with zero attached hydrogens (tertiary/aromatic N) is 1. The molecule has 0 bridgehead atoms. The zero-order valence-corrected chi connectivity index (χ0v) is 9.68. The van der Waals surface area contributed by atoms with Gasteiger partial charge in [-0.15, -0.1) is 11.8 Å². The van der Waals surface area contributed by atoms with Crippen molar-refractivity contribution in [1.29, 1.82) is 0 Å². The first-order valence-electron chi connectivity index (χ1n) is 5.11. The smallest absolute Gasteiger partial charge is 0.0104 e. The van der Waals surface area contributed by atoms with Crippen molar-refractivity contribution in [2.75, 3.05) is 26.4 Å². The van der Waals surface area contributed by atoms with Gasteiger partial charge in [0.25, 0.3) is 0 Å². The van der Waals surface area contributed by atoms with Gasteiger partial charge in [-0.1, -0.05) is 18.2 Å². The first-order chi connectivity index (χ1) is 6.75. The van der Waals surface area contributed by atoms with E-state index in [1.165, 1.54) is 29.2 Å². The second-order valence-electron chi connectivity index (χ2n) is 4.25. The molecule has 0 spiro atoms. The topological polar surface area (TPSA) is 3.24 Å². The van der Waals surface area contributed by atoms with Crippen molar-refractivity contribution < 1.29 is 0 Å². The van der Waals surface area contributed by atoms with Crippen LogP contribution in [0.1, 0.15) is 5.56 Å². The highest BCUT2D eigenvalue weighted by Crippen LogP contribution is 2.32. The van der Waals surface area contributed by atoms with Gasteiger partial charge in [0.2, 0.25) is 0 Å². The number of benzene rings is 1. The van der Waals surface area contributed by atoms with Gasteiger partial charge in [0, 0.05) is 17.2 Å². The van der Waals surface area contributed by atoms with E-state index < -0.39 is 0 Å². The standard InChI is InChI=1S/C12H17NS/c1-13(2)8-10-7-11-5-3-4-6-12(11)14-9-10/h3-6,10H,7-9H2,1-2H3/t10-/m1/s1. The van der Waals surface area contributed by atoms with E-state index in [0.717, 1.165) is 5.92 Å². The Balaban J connectivity index is 2.06. The van der Waals surface area contributed by atoms with Crippen molar-refractivity contribution in [1.82, 2.24) is 4.90 Å². The van der Waals surface area contributed by atoms with Gasteiger partial charge < -0.3 is 4.90 Å². The molecule has 76 valence electrons. The van der Waals surface area contributed by atoms with E-state index in [1.807, 2.05) is 11.8 Å². The second-order valence-corrected chi connectivity index (χ2v) is 5.31. The molecule has 0 N–H and O–H groups in total. The maximum atomic E-state index is 2.29. The molecule has 0 aliphatic carbocycles. The maximum Gasteiger partial charge on any atom is 0.0104 e. The Bertz CT molecular complexity index is 309. The summed E-state index contributed by atoms with van der Waals surface area (Å²) in [7, 11) is 4.32. The fourth-order valence-corrected chi connectivity index (χ4v) is 3.17. The molecule has 1 aliphatic rings. The highest BCUT2D eigenvalue weighted by molar-refractivity contribution is 7.99. The summed E-state index contributed by atoms with van der Waals surface area (Å²) < 4.78 is 0. The monoisotopic (exact) mass is 207 g/mol. The van der Waals surface area contributed by atoms with Crippen LogP contribution in [0, 0.1) is 5.92 Å². The maximum absolute atomic E-state index is 2.29. The quantitative estimate of drug-likeness (QED) is 0.733. The normalized spacial score (nSPS) is 20.9. The van der Waals surface area contributed by atoms with Crippen LogP contribution < -0.4 is 0 Å². The Morgan fingerprint density at radius 1 is 1.36 bits per heavy atom. The zero-order valence-electron chi connectivity index (χ0n) is 8.86. The van der Waals surface area contributed by atoms with Crippen LogP contribution in [0.5, 0.6) is 0 Å². The first kappa shape index (κ1) is 10.1. The molecular weight excluding hydrogens is 190 g/mol. The van der Waals surface area contributed by atoms with E-state index in [4.69, 9.17) is 0 Å². The molecule has 2 heteroatoms. The van der Waals surface area contributed by atoms with E-state index in [9.17, 15) is 0 Å². The summed E-state index contributed by atoms with van der Waals surface area (Å²) in [4.78, 5) is 3.78.